The number of para-hydroxylation sites is 1. The predicted molar refractivity (Wildman–Crippen MR) is 131 cm³/mol. The molecule has 8 heteroatoms. The van der Waals surface area contributed by atoms with E-state index in [-0.39, 0.29) is 35.9 Å². The summed E-state index contributed by atoms with van der Waals surface area (Å²) >= 11 is 0. The third kappa shape index (κ3) is 9.62. The maximum Gasteiger partial charge on any atom is 0.191 e. The molecule has 0 aliphatic rings. The quantitative estimate of drug-likeness (QED) is 0.280. The maximum atomic E-state index is 13.0. The summed E-state index contributed by atoms with van der Waals surface area (Å²) in [5.41, 5.74) is 1.06. The Kier molecular flexibility index (Phi) is 12.1. The molecule has 2 N–H and O–H groups in total. The van der Waals surface area contributed by atoms with Gasteiger partial charge in [-0.1, -0.05) is 18.2 Å². The molecular weight excluding hydrogens is 498 g/mol. The van der Waals surface area contributed by atoms with Gasteiger partial charge in [0.05, 0.1) is 6.54 Å². The molecule has 1 atom stereocenters. The highest BCUT2D eigenvalue weighted by atomic mass is 127. The number of rotatable bonds is 10. The summed E-state index contributed by atoms with van der Waals surface area (Å²) in [5, 5.41) is 6.54. The fourth-order valence-corrected chi connectivity index (χ4v) is 2.56. The Morgan fingerprint density at radius 2 is 1.80 bits per heavy atom. The van der Waals surface area contributed by atoms with Gasteiger partial charge >= 0.3 is 0 Å². The first-order valence-corrected chi connectivity index (χ1v) is 9.70. The van der Waals surface area contributed by atoms with Crippen molar-refractivity contribution < 1.29 is 13.9 Å². The second-order valence-corrected chi connectivity index (χ2v) is 6.95. The lowest BCUT2D eigenvalue weighted by molar-refractivity contribution is 0.223. The smallest absolute Gasteiger partial charge is 0.191 e. The van der Waals surface area contributed by atoms with Crippen LogP contribution in [0.3, 0.4) is 0 Å². The highest BCUT2D eigenvalue weighted by Crippen LogP contribution is 2.17. The van der Waals surface area contributed by atoms with Gasteiger partial charge in [0.1, 0.15) is 30.0 Å². The highest BCUT2D eigenvalue weighted by Gasteiger charge is 2.08. The second kappa shape index (κ2) is 14.0. The lowest BCUT2D eigenvalue weighted by Crippen LogP contribution is -2.41. The van der Waals surface area contributed by atoms with E-state index in [0.29, 0.717) is 31.4 Å². The number of hydrogen-bond donors (Lipinski definition) is 2. The molecule has 0 bridgehead atoms. The summed E-state index contributed by atoms with van der Waals surface area (Å²) in [4.78, 5) is 6.34. The Labute approximate surface area is 195 Å². The average Bonchev–Trinajstić information content (AvgIpc) is 2.70. The summed E-state index contributed by atoms with van der Waals surface area (Å²) in [6.07, 6.45) is -0.110. The minimum absolute atomic E-state index is 0. The summed E-state index contributed by atoms with van der Waals surface area (Å²) in [6, 6.07) is 14.0. The van der Waals surface area contributed by atoms with Gasteiger partial charge in [0.15, 0.2) is 5.96 Å². The molecule has 2 aromatic rings. The van der Waals surface area contributed by atoms with Crippen LogP contribution in [0, 0.1) is 5.82 Å². The Bertz CT molecular complexity index is 772. The molecule has 30 heavy (non-hydrogen) atoms. The number of aliphatic imine (C=N–C) groups is 1. The van der Waals surface area contributed by atoms with Gasteiger partial charge in [-0.05, 0) is 51.4 Å². The van der Waals surface area contributed by atoms with E-state index in [1.165, 1.54) is 12.1 Å². The standard InChI is InChI=1S/C22H31FN4O2.HI/c1-17(29-20-11-9-19(23)10-12-20)15-25-22(24-2)26-16-18-7-5-6-8-21(18)28-14-13-27(3)4;/h5-12,17H,13-16H2,1-4H3,(H2,24,25,26);1H. The minimum Gasteiger partial charge on any atom is -0.492 e. The minimum atomic E-state index is -0.279. The van der Waals surface area contributed by atoms with Gasteiger partial charge in [0.2, 0.25) is 0 Å². The first kappa shape index (κ1) is 26.0. The van der Waals surface area contributed by atoms with Crippen LogP contribution in [0.25, 0.3) is 0 Å². The first-order chi connectivity index (χ1) is 14.0. The topological polar surface area (TPSA) is 58.1 Å². The van der Waals surface area contributed by atoms with Crippen molar-refractivity contribution in [2.24, 2.45) is 4.99 Å². The van der Waals surface area contributed by atoms with E-state index < -0.39 is 0 Å². The van der Waals surface area contributed by atoms with Crippen LogP contribution < -0.4 is 20.1 Å². The van der Waals surface area contributed by atoms with E-state index in [9.17, 15) is 4.39 Å². The van der Waals surface area contributed by atoms with E-state index in [4.69, 9.17) is 9.47 Å². The largest absolute Gasteiger partial charge is 0.492 e. The van der Waals surface area contributed by atoms with Crippen molar-refractivity contribution >= 4 is 29.9 Å². The second-order valence-electron chi connectivity index (χ2n) is 6.95. The van der Waals surface area contributed by atoms with Crippen LogP contribution in [0.4, 0.5) is 4.39 Å². The lowest BCUT2D eigenvalue weighted by Gasteiger charge is -2.18. The number of guanidine groups is 1. The zero-order valence-electron chi connectivity index (χ0n) is 18.0. The highest BCUT2D eigenvalue weighted by molar-refractivity contribution is 14.0. The normalized spacial score (nSPS) is 12.1. The van der Waals surface area contributed by atoms with Crippen LogP contribution >= 0.6 is 24.0 Å². The van der Waals surface area contributed by atoms with Crippen molar-refractivity contribution in [3.63, 3.8) is 0 Å². The molecule has 0 spiro atoms. The number of benzene rings is 2. The molecule has 1 unspecified atom stereocenters. The van der Waals surface area contributed by atoms with Gasteiger partial charge in [0, 0.05) is 25.7 Å². The number of nitrogens with one attached hydrogen (secondary N) is 2. The first-order valence-electron chi connectivity index (χ1n) is 9.70. The molecule has 0 radical (unpaired) electrons. The molecule has 0 aliphatic heterocycles. The van der Waals surface area contributed by atoms with Gasteiger partial charge < -0.3 is 25.0 Å². The van der Waals surface area contributed by atoms with Crippen molar-refractivity contribution in [2.45, 2.75) is 19.6 Å². The molecule has 2 aromatic carbocycles. The Morgan fingerprint density at radius 1 is 1.10 bits per heavy atom. The molecule has 0 heterocycles. The Morgan fingerprint density at radius 3 is 2.47 bits per heavy atom. The van der Waals surface area contributed by atoms with Crippen molar-refractivity contribution in [3.8, 4) is 11.5 Å². The predicted octanol–water partition coefficient (Wildman–Crippen LogP) is 3.52. The van der Waals surface area contributed by atoms with Crippen LogP contribution in [0.1, 0.15) is 12.5 Å². The number of halogens is 2. The van der Waals surface area contributed by atoms with E-state index in [1.54, 1.807) is 19.2 Å². The van der Waals surface area contributed by atoms with Crippen molar-refractivity contribution in [1.82, 2.24) is 15.5 Å². The summed E-state index contributed by atoms with van der Waals surface area (Å²) in [6.45, 7) is 4.58. The Balaban J connectivity index is 0.00000450. The summed E-state index contributed by atoms with van der Waals surface area (Å²) < 4.78 is 24.7. The van der Waals surface area contributed by atoms with Gasteiger partial charge in [-0.25, -0.2) is 4.39 Å². The molecule has 166 valence electrons. The van der Waals surface area contributed by atoms with Gasteiger partial charge in [0.25, 0.3) is 0 Å². The molecule has 0 aromatic heterocycles. The zero-order valence-corrected chi connectivity index (χ0v) is 20.4. The number of nitrogens with zero attached hydrogens (tertiary/aromatic N) is 2. The third-order valence-electron chi connectivity index (χ3n) is 4.15. The molecule has 0 amide bonds. The van der Waals surface area contributed by atoms with Gasteiger partial charge in [-0.15, -0.1) is 24.0 Å². The van der Waals surface area contributed by atoms with Crippen LogP contribution in [-0.4, -0.2) is 57.8 Å². The average molecular weight is 530 g/mol. The van der Waals surface area contributed by atoms with E-state index in [1.807, 2.05) is 45.3 Å². The van der Waals surface area contributed by atoms with Crippen LogP contribution in [0.2, 0.25) is 0 Å². The van der Waals surface area contributed by atoms with Crippen LogP contribution in [0.15, 0.2) is 53.5 Å². The van der Waals surface area contributed by atoms with E-state index in [2.05, 4.69) is 20.5 Å². The number of likely N-dealkylation sites (N-methyl/N-ethyl adjacent to an activating group) is 1. The SMILES string of the molecule is CN=C(NCc1ccccc1OCCN(C)C)NCC(C)Oc1ccc(F)cc1.I. The molecule has 0 saturated heterocycles. The molecule has 0 saturated carbocycles. The molecule has 2 rings (SSSR count). The van der Waals surface area contributed by atoms with E-state index >= 15 is 0 Å². The fourth-order valence-electron chi connectivity index (χ4n) is 2.56. The summed E-state index contributed by atoms with van der Waals surface area (Å²) in [7, 11) is 5.76. The lowest BCUT2D eigenvalue weighted by atomic mass is 10.2. The fraction of sp³-hybridized carbons (Fsp3) is 0.409. The van der Waals surface area contributed by atoms with Gasteiger partial charge in [-0.3, -0.25) is 4.99 Å². The van der Waals surface area contributed by atoms with Crippen molar-refractivity contribution in [1.29, 1.82) is 0 Å². The number of hydrogen-bond acceptors (Lipinski definition) is 4. The van der Waals surface area contributed by atoms with Crippen LogP contribution in [-0.2, 0) is 6.54 Å². The molecule has 0 aliphatic carbocycles. The Hall–Kier alpha value is -2.07. The molecular formula is C22H32FIN4O2. The van der Waals surface area contributed by atoms with Gasteiger partial charge in [-0.2, -0.15) is 0 Å². The zero-order chi connectivity index (χ0) is 21.1. The monoisotopic (exact) mass is 530 g/mol. The van der Waals surface area contributed by atoms with Crippen LogP contribution in [0.5, 0.6) is 11.5 Å². The molecule has 0 fully saturated rings. The number of ether oxygens (including phenoxy) is 2. The van der Waals surface area contributed by atoms with E-state index in [0.717, 1.165) is 17.9 Å². The maximum absolute atomic E-state index is 13.0. The van der Waals surface area contributed by atoms with Crippen molar-refractivity contribution in [3.05, 3.63) is 59.9 Å². The summed E-state index contributed by atoms with van der Waals surface area (Å²) in [5.74, 6) is 1.89. The van der Waals surface area contributed by atoms with Crippen molar-refractivity contribution in [2.75, 3.05) is 40.8 Å². The molecule has 6 nitrogen and oxygen atoms in total. The third-order valence-corrected chi connectivity index (χ3v) is 4.15.